The standard InChI is InChI=1S/C18H30O8/c1-2-3-4-5-6-7-8-9-10-11-13(19)15(16(22)23)18(26,17(24)25)12-14(20)21/h15,26H,2-12H2,1H3,(H,20,21)(H,22,23)(H,24,25). The van der Waals surface area contributed by atoms with Crippen LogP contribution in [-0.4, -0.2) is 49.7 Å². The molecule has 0 bridgehead atoms. The van der Waals surface area contributed by atoms with Crippen LogP contribution in [0.1, 0.15) is 77.6 Å². The summed E-state index contributed by atoms with van der Waals surface area (Å²) >= 11 is 0. The predicted molar refractivity (Wildman–Crippen MR) is 92.8 cm³/mol. The van der Waals surface area contributed by atoms with Crippen molar-refractivity contribution < 1.29 is 39.6 Å². The molecule has 8 nitrogen and oxygen atoms in total. The van der Waals surface area contributed by atoms with Crippen LogP contribution in [0.15, 0.2) is 0 Å². The smallest absolute Gasteiger partial charge is 0.337 e. The summed E-state index contributed by atoms with van der Waals surface area (Å²) in [5, 5.41) is 37.0. The van der Waals surface area contributed by atoms with E-state index in [0.29, 0.717) is 12.8 Å². The summed E-state index contributed by atoms with van der Waals surface area (Å²) < 4.78 is 0. The zero-order valence-corrected chi connectivity index (χ0v) is 15.3. The van der Waals surface area contributed by atoms with Gasteiger partial charge in [0, 0.05) is 6.42 Å². The van der Waals surface area contributed by atoms with Crippen LogP contribution in [-0.2, 0) is 19.2 Å². The predicted octanol–water partition coefficient (Wildman–Crippen LogP) is 2.47. The second-order valence-electron chi connectivity index (χ2n) is 6.62. The SMILES string of the molecule is CCCCCCCCCCCC(=O)C(C(=O)O)C(O)(CC(=O)O)C(=O)O. The maximum absolute atomic E-state index is 12.1. The lowest BCUT2D eigenvalue weighted by molar-refractivity contribution is -0.181. The molecule has 0 saturated heterocycles. The van der Waals surface area contributed by atoms with Crippen LogP contribution in [0.4, 0.5) is 0 Å². The number of ketones is 1. The minimum Gasteiger partial charge on any atom is -0.481 e. The lowest BCUT2D eigenvalue weighted by atomic mass is 9.80. The van der Waals surface area contributed by atoms with Gasteiger partial charge in [0.15, 0.2) is 17.3 Å². The first-order valence-electron chi connectivity index (χ1n) is 9.09. The first kappa shape index (κ1) is 24.0. The summed E-state index contributed by atoms with van der Waals surface area (Å²) in [6.07, 6.45) is 7.25. The highest BCUT2D eigenvalue weighted by atomic mass is 16.4. The van der Waals surface area contributed by atoms with Crippen molar-refractivity contribution in [2.45, 2.75) is 83.2 Å². The average Bonchev–Trinajstić information content (AvgIpc) is 2.52. The Kier molecular flexibility index (Phi) is 11.5. The third-order valence-electron chi connectivity index (χ3n) is 4.36. The van der Waals surface area contributed by atoms with Gasteiger partial charge in [-0.2, -0.15) is 0 Å². The summed E-state index contributed by atoms with van der Waals surface area (Å²) in [4.78, 5) is 45.4. The first-order chi connectivity index (χ1) is 12.2. The molecule has 0 saturated carbocycles. The van der Waals surface area contributed by atoms with E-state index in [1.807, 2.05) is 0 Å². The minimum atomic E-state index is -3.16. The zero-order chi connectivity index (χ0) is 20.2. The van der Waals surface area contributed by atoms with Gasteiger partial charge in [-0.25, -0.2) is 4.79 Å². The molecular weight excluding hydrogens is 344 g/mol. The van der Waals surface area contributed by atoms with Crippen molar-refractivity contribution >= 4 is 23.7 Å². The van der Waals surface area contributed by atoms with E-state index in [2.05, 4.69) is 6.92 Å². The molecule has 8 heteroatoms. The van der Waals surface area contributed by atoms with E-state index in [0.717, 1.165) is 25.7 Å². The number of hydrogen-bond donors (Lipinski definition) is 4. The molecule has 0 aliphatic carbocycles. The van der Waals surface area contributed by atoms with E-state index >= 15 is 0 Å². The van der Waals surface area contributed by atoms with E-state index in [-0.39, 0.29) is 6.42 Å². The second-order valence-corrected chi connectivity index (χ2v) is 6.62. The third kappa shape index (κ3) is 8.42. The van der Waals surface area contributed by atoms with Gasteiger partial charge in [-0.3, -0.25) is 14.4 Å². The van der Waals surface area contributed by atoms with Crippen molar-refractivity contribution in [1.29, 1.82) is 0 Å². The van der Waals surface area contributed by atoms with Crippen molar-refractivity contribution in [2.24, 2.45) is 5.92 Å². The van der Waals surface area contributed by atoms with Gasteiger partial charge in [0.05, 0.1) is 6.42 Å². The molecule has 0 fully saturated rings. The van der Waals surface area contributed by atoms with E-state index < -0.39 is 41.6 Å². The Bertz CT molecular complexity index is 488. The molecule has 2 atom stereocenters. The molecule has 2 unspecified atom stereocenters. The molecule has 0 rings (SSSR count). The Morgan fingerprint density at radius 2 is 1.27 bits per heavy atom. The van der Waals surface area contributed by atoms with Crippen LogP contribution >= 0.6 is 0 Å². The first-order valence-corrected chi connectivity index (χ1v) is 9.09. The minimum absolute atomic E-state index is 0.206. The van der Waals surface area contributed by atoms with Crippen molar-refractivity contribution in [1.82, 2.24) is 0 Å². The van der Waals surface area contributed by atoms with Gasteiger partial charge in [-0.15, -0.1) is 0 Å². The van der Waals surface area contributed by atoms with Crippen LogP contribution in [0.2, 0.25) is 0 Å². The van der Waals surface area contributed by atoms with Crippen LogP contribution in [0, 0.1) is 5.92 Å². The van der Waals surface area contributed by atoms with Crippen LogP contribution in [0.5, 0.6) is 0 Å². The summed E-state index contributed by atoms with van der Waals surface area (Å²) in [7, 11) is 0. The third-order valence-corrected chi connectivity index (χ3v) is 4.36. The highest BCUT2D eigenvalue weighted by Crippen LogP contribution is 2.26. The molecular formula is C18H30O8. The molecule has 0 aromatic carbocycles. The fraction of sp³-hybridized carbons (Fsp3) is 0.778. The molecule has 0 aliphatic heterocycles. The van der Waals surface area contributed by atoms with Gasteiger partial charge >= 0.3 is 17.9 Å². The number of aliphatic hydroxyl groups is 1. The van der Waals surface area contributed by atoms with Gasteiger partial charge in [0.25, 0.3) is 0 Å². The number of hydrogen-bond acceptors (Lipinski definition) is 5. The fourth-order valence-corrected chi connectivity index (χ4v) is 2.89. The van der Waals surface area contributed by atoms with Crippen LogP contribution < -0.4 is 0 Å². The number of aliphatic carboxylic acids is 3. The Morgan fingerprint density at radius 3 is 1.65 bits per heavy atom. The van der Waals surface area contributed by atoms with Crippen molar-refractivity contribution in [3.8, 4) is 0 Å². The number of Topliss-reactive ketones (excluding diaryl/α,β-unsaturated/α-hetero) is 1. The van der Waals surface area contributed by atoms with Gasteiger partial charge in [0.2, 0.25) is 0 Å². The summed E-state index contributed by atoms with van der Waals surface area (Å²) in [5.41, 5.74) is -3.16. The highest BCUT2D eigenvalue weighted by Gasteiger charge is 2.53. The molecule has 0 aromatic rings. The van der Waals surface area contributed by atoms with E-state index in [4.69, 9.17) is 15.3 Å². The van der Waals surface area contributed by atoms with Gasteiger partial charge in [0.1, 0.15) is 0 Å². The maximum atomic E-state index is 12.1. The second kappa shape index (κ2) is 12.4. The number of carboxylic acid groups (broad SMARTS) is 3. The average molecular weight is 374 g/mol. The van der Waals surface area contributed by atoms with Crippen molar-refractivity contribution in [2.75, 3.05) is 0 Å². The molecule has 0 amide bonds. The number of carbonyl (C=O) groups excluding carboxylic acids is 1. The number of unbranched alkanes of at least 4 members (excludes halogenated alkanes) is 8. The Hall–Kier alpha value is -1.96. The molecule has 0 radical (unpaired) electrons. The van der Waals surface area contributed by atoms with Crippen LogP contribution in [0.25, 0.3) is 0 Å². The highest BCUT2D eigenvalue weighted by molar-refractivity contribution is 6.05. The molecule has 150 valence electrons. The number of rotatable bonds is 16. The Labute approximate surface area is 153 Å². The van der Waals surface area contributed by atoms with Gasteiger partial charge in [-0.05, 0) is 6.42 Å². The number of carbonyl (C=O) groups is 4. The normalized spacial score (nSPS) is 14.4. The molecule has 0 aromatic heterocycles. The van der Waals surface area contributed by atoms with Gasteiger partial charge < -0.3 is 20.4 Å². The van der Waals surface area contributed by atoms with E-state index in [9.17, 15) is 24.3 Å². The molecule has 0 aliphatic rings. The van der Waals surface area contributed by atoms with Crippen molar-refractivity contribution in [3.63, 3.8) is 0 Å². The van der Waals surface area contributed by atoms with Crippen LogP contribution in [0.3, 0.4) is 0 Å². The Morgan fingerprint density at radius 1 is 0.808 bits per heavy atom. The Balaban J connectivity index is 4.50. The molecule has 4 N–H and O–H groups in total. The summed E-state index contributed by atoms with van der Waals surface area (Å²) in [6.45, 7) is 2.14. The monoisotopic (exact) mass is 374 g/mol. The van der Waals surface area contributed by atoms with E-state index in [1.54, 1.807) is 0 Å². The van der Waals surface area contributed by atoms with Gasteiger partial charge in [-0.1, -0.05) is 58.3 Å². The van der Waals surface area contributed by atoms with E-state index in [1.165, 1.54) is 19.3 Å². The zero-order valence-electron chi connectivity index (χ0n) is 15.3. The lowest BCUT2D eigenvalue weighted by Crippen LogP contribution is -2.53. The molecule has 26 heavy (non-hydrogen) atoms. The topological polar surface area (TPSA) is 149 Å². The van der Waals surface area contributed by atoms with Crippen molar-refractivity contribution in [3.05, 3.63) is 0 Å². The number of carboxylic acids is 3. The lowest BCUT2D eigenvalue weighted by Gasteiger charge is -2.27. The molecule has 0 heterocycles. The quantitative estimate of drug-likeness (QED) is 0.238. The summed E-state index contributed by atoms with van der Waals surface area (Å²) in [5.74, 6) is -8.83. The largest absolute Gasteiger partial charge is 0.481 e. The fourth-order valence-electron chi connectivity index (χ4n) is 2.89. The molecule has 0 spiro atoms. The summed E-state index contributed by atoms with van der Waals surface area (Å²) in [6, 6.07) is 0. The maximum Gasteiger partial charge on any atom is 0.337 e.